The van der Waals surface area contributed by atoms with Gasteiger partial charge in [-0.25, -0.2) is 4.79 Å². The van der Waals surface area contributed by atoms with Crippen molar-refractivity contribution in [2.75, 3.05) is 13.7 Å². The van der Waals surface area contributed by atoms with Crippen LogP contribution in [0.3, 0.4) is 0 Å². The van der Waals surface area contributed by atoms with Gasteiger partial charge in [-0.15, -0.1) is 0 Å². The Morgan fingerprint density at radius 3 is 2.44 bits per heavy atom. The smallest absolute Gasteiger partial charge is 0.329 e. The van der Waals surface area contributed by atoms with Crippen LogP contribution in [0, 0.1) is 0 Å². The van der Waals surface area contributed by atoms with Gasteiger partial charge in [0.1, 0.15) is 5.15 Å². The number of H-pyrrole nitrogens is 1. The molecule has 1 heterocycles. The molecule has 0 aromatic carbocycles. The van der Waals surface area contributed by atoms with E-state index < -0.39 is 5.69 Å². The van der Waals surface area contributed by atoms with Gasteiger partial charge in [0.25, 0.3) is 5.56 Å². The van der Waals surface area contributed by atoms with Gasteiger partial charge in [-0.2, -0.15) is 0 Å². The molecule has 0 aliphatic rings. The van der Waals surface area contributed by atoms with Crippen molar-refractivity contribution in [2.45, 2.75) is 39.2 Å². The molecule has 1 aromatic heterocycles. The molecule has 1 N–H and O–H groups in total. The first-order valence-electron chi connectivity index (χ1n) is 5.93. The van der Waals surface area contributed by atoms with Gasteiger partial charge in [-0.05, 0) is 19.3 Å². The number of nitrogens with zero attached hydrogens (tertiary/aromatic N) is 1. The van der Waals surface area contributed by atoms with Crippen molar-refractivity contribution in [3.63, 3.8) is 0 Å². The van der Waals surface area contributed by atoms with E-state index in [1.54, 1.807) is 7.11 Å². The summed E-state index contributed by atoms with van der Waals surface area (Å²) in [4.78, 5) is 26.6. The molecule has 1 unspecified atom stereocenters. The summed E-state index contributed by atoms with van der Waals surface area (Å²) in [7, 11) is 1.58. The highest BCUT2D eigenvalue weighted by molar-refractivity contribution is 6.30. The molecule has 0 aliphatic heterocycles. The maximum Gasteiger partial charge on any atom is 0.329 e. The molecular weight excluding hydrogens is 256 g/mol. The molecule has 18 heavy (non-hydrogen) atoms. The molecule has 6 heteroatoms. The third-order valence-electron chi connectivity index (χ3n) is 2.88. The summed E-state index contributed by atoms with van der Waals surface area (Å²) in [6.07, 6.45) is 0.596. The van der Waals surface area contributed by atoms with E-state index in [4.69, 9.17) is 16.3 Å². The molecule has 0 spiro atoms. The number of rotatable bonds is 5. The minimum atomic E-state index is -0.474. The van der Waals surface area contributed by atoms with Gasteiger partial charge < -0.3 is 4.74 Å². The van der Waals surface area contributed by atoms with Crippen molar-refractivity contribution in [1.82, 2.24) is 9.55 Å². The van der Waals surface area contributed by atoms with Crippen LogP contribution < -0.4 is 11.2 Å². The van der Waals surface area contributed by atoms with Crippen molar-refractivity contribution < 1.29 is 4.74 Å². The molecule has 1 aromatic rings. The van der Waals surface area contributed by atoms with Crippen LogP contribution in [0.2, 0.25) is 5.15 Å². The Kier molecular flexibility index (Phi) is 5.16. The lowest BCUT2D eigenvalue weighted by molar-refractivity contribution is 0.179. The van der Waals surface area contributed by atoms with Crippen LogP contribution in [0.15, 0.2) is 9.59 Å². The highest BCUT2D eigenvalue weighted by Crippen LogP contribution is 2.17. The molecule has 0 saturated carbocycles. The number of methoxy groups -OCH3 is 1. The number of hydrogen-bond donors (Lipinski definition) is 1. The highest BCUT2D eigenvalue weighted by atomic mass is 35.5. The van der Waals surface area contributed by atoms with Gasteiger partial charge in [0, 0.05) is 19.8 Å². The van der Waals surface area contributed by atoms with E-state index in [0.717, 1.165) is 0 Å². The lowest BCUT2D eigenvalue weighted by Gasteiger charge is -2.16. The van der Waals surface area contributed by atoms with Gasteiger partial charge >= 0.3 is 5.69 Å². The summed E-state index contributed by atoms with van der Waals surface area (Å²) in [6, 6.07) is -0.226. The van der Waals surface area contributed by atoms with E-state index in [0.29, 0.717) is 18.6 Å². The topological polar surface area (TPSA) is 64.1 Å². The molecule has 0 bridgehead atoms. The van der Waals surface area contributed by atoms with Crippen LogP contribution in [0.5, 0.6) is 0 Å². The molecule has 102 valence electrons. The molecule has 1 atom stereocenters. The first kappa shape index (κ1) is 15.0. The number of nitrogens with one attached hydrogen (secondary N) is 1. The van der Waals surface area contributed by atoms with Crippen molar-refractivity contribution >= 4 is 11.6 Å². The van der Waals surface area contributed by atoms with E-state index in [1.807, 2.05) is 20.8 Å². The predicted octanol–water partition coefficient (Wildman–Crippen LogP) is 1.91. The van der Waals surface area contributed by atoms with Crippen molar-refractivity contribution in [3.8, 4) is 0 Å². The Morgan fingerprint density at radius 1 is 1.33 bits per heavy atom. The summed E-state index contributed by atoms with van der Waals surface area (Å²) < 4.78 is 6.17. The third-order valence-corrected chi connectivity index (χ3v) is 3.18. The van der Waals surface area contributed by atoms with Crippen LogP contribution in [-0.2, 0) is 4.74 Å². The maximum atomic E-state index is 12.3. The Labute approximate surface area is 111 Å². The van der Waals surface area contributed by atoms with Crippen molar-refractivity contribution in [3.05, 3.63) is 31.6 Å². The third kappa shape index (κ3) is 3.03. The monoisotopic (exact) mass is 274 g/mol. The minimum absolute atomic E-state index is 0.0391. The molecule has 0 amide bonds. The van der Waals surface area contributed by atoms with Gasteiger partial charge in [0.05, 0.1) is 5.56 Å². The van der Waals surface area contributed by atoms with E-state index in [1.165, 1.54) is 4.57 Å². The Balaban J connectivity index is 3.32. The minimum Gasteiger partial charge on any atom is -0.385 e. The zero-order valence-electron chi connectivity index (χ0n) is 11.1. The lowest BCUT2D eigenvalue weighted by Crippen LogP contribution is -2.40. The number of aromatic amines is 1. The fourth-order valence-electron chi connectivity index (χ4n) is 1.86. The molecule has 1 rings (SSSR count). The SMILES string of the molecule is COCCC(C)n1c(=O)[nH]c(Cl)c(C(C)C)c1=O. The van der Waals surface area contributed by atoms with Crippen molar-refractivity contribution in [1.29, 1.82) is 0 Å². The highest BCUT2D eigenvalue weighted by Gasteiger charge is 2.18. The second-order valence-electron chi connectivity index (χ2n) is 4.62. The van der Waals surface area contributed by atoms with Gasteiger partial charge in [0.2, 0.25) is 0 Å². The van der Waals surface area contributed by atoms with Crippen LogP contribution in [0.1, 0.15) is 44.7 Å². The van der Waals surface area contributed by atoms with Gasteiger partial charge in [0.15, 0.2) is 0 Å². The fraction of sp³-hybridized carbons (Fsp3) is 0.667. The van der Waals surface area contributed by atoms with E-state index in [2.05, 4.69) is 4.98 Å². The number of ether oxygens (including phenoxy) is 1. The Morgan fingerprint density at radius 2 is 1.94 bits per heavy atom. The number of aromatic nitrogens is 2. The summed E-state index contributed by atoms with van der Waals surface area (Å²) in [5.41, 5.74) is -0.346. The first-order chi connectivity index (χ1) is 8.40. The Hall–Kier alpha value is -1.07. The molecule has 0 radical (unpaired) electrons. The second kappa shape index (κ2) is 6.20. The molecule has 5 nitrogen and oxygen atoms in total. The standard InChI is InChI=1S/C12H19ClN2O3/c1-7(2)9-10(13)14-12(17)15(11(9)16)8(3)5-6-18-4/h7-8H,5-6H2,1-4H3,(H,14,17). The first-order valence-corrected chi connectivity index (χ1v) is 6.31. The molecule has 0 fully saturated rings. The predicted molar refractivity (Wildman–Crippen MR) is 71.6 cm³/mol. The fourth-order valence-corrected chi connectivity index (χ4v) is 2.24. The Bertz CT molecular complexity index is 519. The molecule has 0 saturated heterocycles. The largest absolute Gasteiger partial charge is 0.385 e. The van der Waals surface area contributed by atoms with Gasteiger partial charge in [-0.1, -0.05) is 25.4 Å². The van der Waals surface area contributed by atoms with Gasteiger partial charge in [-0.3, -0.25) is 14.3 Å². The molecule has 0 aliphatic carbocycles. The number of halogens is 1. The quantitative estimate of drug-likeness (QED) is 0.834. The number of hydrogen-bond acceptors (Lipinski definition) is 3. The van der Waals surface area contributed by atoms with Crippen LogP contribution in [0.25, 0.3) is 0 Å². The van der Waals surface area contributed by atoms with E-state index in [9.17, 15) is 9.59 Å². The average Bonchev–Trinajstić information content (AvgIpc) is 2.24. The van der Waals surface area contributed by atoms with Crippen LogP contribution in [0.4, 0.5) is 0 Å². The normalized spacial score (nSPS) is 13.0. The van der Waals surface area contributed by atoms with Crippen LogP contribution in [-0.4, -0.2) is 23.3 Å². The summed E-state index contributed by atoms with van der Waals surface area (Å²) in [6.45, 7) is 6.04. The van der Waals surface area contributed by atoms with Crippen LogP contribution >= 0.6 is 11.6 Å². The average molecular weight is 275 g/mol. The maximum absolute atomic E-state index is 12.3. The summed E-state index contributed by atoms with van der Waals surface area (Å²) in [5, 5.41) is 0.134. The summed E-state index contributed by atoms with van der Waals surface area (Å²) >= 11 is 5.92. The molecular formula is C12H19ClN2O3. The zero-order valence-corrected chi connectivity index (χ0v) is 11.9. The lowest BCUT2D eigenvalue weighted by atomic mass is 10.1. The van der Waals surface area contributed by atoms with E-state index >= 15 is 0 Å². The zero-order chi connectivity index (χ0) is 13.9. The van der Waals surface area contributed by atoms with E-state index in [-0.39, 0.29) is 22.7 Å². The second-order valence-corrected chi connectivity index (χ2v) is 5.00. The summed E-state index contributed by atoms with van der Waals surface area (Å²) in [5.74, 6) is -0.0391. The van der Waals surface area contributed by atoms with Crippen molar-refractivity contribution in [2.24, 2.45) is 0 Å².